The monoisotopic (exact) mass is 470 g/mol. The van der Waals surface area contributed by atoms with E-state index < -0.39 is 17.7 Å². The average molecular weight is 471 g/mol. The van der Waals surface area contributed by atoms with Gasteiger partial charge in [0.25, 0.3) is 11.7 Å². The van der Waals surface area contributed by atoms with E-state index in [1.54, 1.807) is 29.2 Å². The quantitative estimate of drug-likeness (QED) is 0.412. The van der Waals surface area contributed by atoms with E-state index in [9.17, 15) is 14.7 Å². The van der Waals surface area contributed by atoms with Gasteiger partial charge in [0, 0.05) is 36.2 Å². The van der Waals surface area contributed by atoms with Crippen LogP contribution in [0.4, 0.5) is 0 Å². The molecule has 1 amide bonds. The van der Waals surface area contributed by atoms with Crippen molar-refractivity contribution in [1.82, 2.24) is 9.80 Å². The predicted octanol–water partition coefficient (Wildman–Crippen LogP) is 3.20. The number of aliphatic hydroxyl groups is 1. The number of hydrogen-bond acceptors (Lipinski definition) is 5. The number of hydrogen-bond donors (Lipinski definition) is 1. The van der Waals surface area contributed by atoms with Gasteiger partial charge in [-0.2, -0.15) is 0 Å². The molecule has 0 saturated carbocycles. The highest BCUT2D eigenvalue weighted by molar-refractivity contribution is 9.10. The van der Waals surface area contributed by atoms with Crippen LogP contribution in [0.25, 0.3) is 5.76 Å². The van der Waals surface area contributed by atoms with Gasteiger partial charge in [-0.15, -0.1) is 0 Å². The second-order valence-electron chi connectivity index (χ2n) is 7.36. The molecule has 2 aromatic rings. The van der Waals surface area contributed by atoms with E-state index in [4.69, 9.17) is 4.74 Å². The van der Waals surface area contributed by atoms with Crippen LogP contribution in [0, 0.1) is 0 Å². The molecule has 4 rings (SSSR count). The van der Waals surface area contributed by atoms with Crippen LogP contribution in [0.5, 0.6) is 0 Å². The zero-order valence-corrected chi connectivity index (χ0v) is 18.0. The van der Waals surface area contributed by atoms with Crippen LogP contribution in [0.15, 0.2) is 64.6 Å². The Bertz CT molecular complexity index is 953. The molecule has 0 radical (unpaired) electrons. The van der Waals surface area contributed by atoms with Crippen LogP contribution in [0.1, 0.15) is 17.2 Å². The summed E-state index contributed by atoms with van der Waals surface area (Å²) in [6.07, 6.45) is 0. The Kier molecular flexibility index (Phi) is 6.32. The molecule has 2 saturated heterocycles. The molecular weight excluding hydrogens is 448 g/mol. The lowest BCUT2D eigenvalue weighted by molar-refractivity contribution is -0.140. The van der Waals surface area contributed by atoms with Crippen molar-refractivity contribution in [2.75, 3.05) is 39.4 Å². The van der Waals surface area contributed by atoms with Crippen molar-refractivity contribution >= 4 is 33.4 Å². The first-order valence-electron chi connectivity index (χ1n) is 9.95. The Balaban J connectivity index is 1.72. The molecule has 2 aliphatic heterocycles. The molecule has 0 aliphatic carbocycles. The molecular formula is C23H23BrN2O4. The van der Waals surface area contributed by atoms with Gasteiger partial charge in [0.2, 0.25) is 0 Å². The highest BCUT2D eigenvalue weighted by Gasteiger charge is 2.45. The Morgan fingerprint density at radius 1 is 1.00 bits per heavy atom. The third-order valence-electron chi connectivity index (χ3n) is 5.53. The molecule has 6 nitrogen and oxygen atoms in total. The first-order valence-corrected chi connectivity index (χ1v) is 10.7. The van der Waals surface area contributed by atoms with Crippen molar-refractivity contribution < 1.29 is 19.4 Å². The average Bonchev–Trinajstić information content (AvgIpc) is 3.04. The zero-order valence-electron chi connectivity index (χ0n) is 16.5. The Hall–Kier alpha value is -2.48. The molecule has 0 aromatic heterocycles. The lowest BCUT2D eigenvalue weighted by Gasteiger charge is -2.31. The van der Waals surface area contributed by atoms with Crippen LogP contribution in [-0.4, -0.2) is 66.0 Å². The van der Waals surface area contributed by atoms with Gasteiger partial charge >= 0.3 is 0 Å². The second kappa shape index (κ2) is 9.12. The maximum Gasteiger partial charge on any atom is 0.295 e. The Morgan fingerprint density at radius 3 is 2.33 bits per heavy atom. The van der Waals surface area contributed by atoms with E-state index in [-0.39, 0.29) is 11.3 Å². The number of ether oxygens (including phenoxy) is 1. The van der Waals surface area contributed by atoms with Crippen LogP contribution >= 0.6 is 15.9 Å². The van der Waals surface area contributed by atoms with Gasteiger partial charge in [0.05, 0.1) is 24.8 Å². The van der Waals surface area contributed by atoms with E-state index >= 15 is 0 Å². The maximum absolute atomic E-state index is 13.0. The molecule has 0 spiro atoms. The molecule has 2 fully saturated rings. The molecule has 1 unspecified atom stereocenters. The Labute approximate surface area is 183 Å². The van der Waals surface area contributed by atoms with Crippen molar-refractivity contribution in [3.05, 3.63) is 75.8 Å². The van der Waals surface area contributed by atoms with E-state index in [1.807, 2.05) is 30.3 Å². The highest BCUT2D eigenvalue weighted by Crippen LogP contribution is 2.39. The number of nitrogens with zero attached hydrogens (tertiary/aromatic N) is 2. The predicted molar refractivity (Wildman–Crippen MR) is 117 cm³/mol. The van der Waals surface area contributed by atoms with Gasteiger partial charge in [-0.1, -0.05) is 58.4 Å². The summed E-state index contributed by atoms with van der Waals surface area (Å²) >= 11 is 3.43. The third-order valence-corrected chi connectivity index (χ3v) is 6.06. The molecule has 30 heavy (non-hydrogen) atoms. The standard InChI is InChI=1S/C23H23BrN2O4/c24-18-8-6-16(7-9-18)20-19(21(27)17-4-2-1-3-5-17)22(28)23(29)26(20)11-10-25-12-14-30-15-13-25/h1-9,20,27H,10-15H2. The lowest BCUT2D eigenvalue weighted by atomic mass is 9.95. The zero-order chi connectivity index (χ0) is 21.1. The van der Waals surface area contributed by atoms with Crippen molar-refractivity contribution in [2.45, 2.75) is 6.04 Å². The van der Waals surface area contributed by atoms with Gasteiger partial charge in [0.15, 0.2) is 0 Å². The number of morpholine rings is 1. The van der Waals surface area contributed by atoms with Gasteiger partial charge in [-0.05, 0) is 17.7 Å². The van der Waals surface area contributed by atoms with Crippen LogP contribution in [0.3, 0.4) is 0 Å². The first kappa shape index (κ1) is 20.8. The number of aliphatic hydroxyl groups excluding tert-OH is 1. The van der Waals surface area contributed by atoms with Crippen molar-refractivity contribution in [3.63, 3.8) is 0 Å². The van der Waals surface area contributed by atoms with Gasteiger partial charge in [-0.25, -0.2) is 0 Å². The molecule has 7 heteroatoms. The van der Waals surface area contributed by atoms with Crippen LogP contribution in [0.2, 0.25) is 0 Å². The summed E-state index contributed by atoms with van der Waals surface area (Å²) in [5.41, 5.74) is 1.44. The van der Waals surface area contributed by atoms with E-state index in [1.165, 1.54) is 0 Å². The fourth-order valence-corrected chi connectivity index (χ4v) is 4.19. The number of carbonyl (C=O) groups is 2. The summed E-state index contributed by atoms with van der Waals surface area (Å²) in [4.78, 5) is 29.7. The number of Topliss-reactive ketones (excluding diaryl/α,β-unsaturated/α-hetero) is 1. The largest absolute Gasteiger partial charge is 0.507 e. The van der Waals surface area contributed by atoms with E-state index in [0.29, 0.717) is 31.9 Å². The van der Waals surface area contributed by atoms with Crippen molar-refractivity contribution in [2.24, 2.45) is 0 Å². The molecule has 0 bridgehead atoms. The number of rotatable bonds is 5. The molecule has 2 aliphatic rings. The third kappa shape index (κ3) is 4.19. The van der Waals surface area contributed by atoms with Crippen molar-refractivity contribution in [1.29, 1.82) is 0 Å². The minimum absolute atomic E-state index is 0.135. The van der Waals surface area contributed by atoms with E-state index in [0.717, 1.165) is 23.1 Å². The minimum Gasteiger partial charge on any atom is -0.507 e. The lowest BCUT2D eigenvalue weighted by Crippen LogP contribution is -2.42. The molecule has 156 valence electrons. The SMILES string of the molecule is O=C1C(=O)N(CCN2CCOCC2)C(c2ccc(Br)cc2)C1=C(O)c1ccccc1. The topological polar surface area (TPSA) is 70.1 Å². The fraction of sp³-hybridized carbons (Fsp3) is 0.304. The van der Waals surface area contributed by atoms with Crippen molar-refractivity contribution in [3.8, 4) is 0 Å². The van der Waals surface area contributed by atoms with Gasteiger partial charge in [-0.3, -0.25) is 14.5 Å². The van der Waals surface area contributed by atoms with Gasteiger partial charge < -0.3 is 14.7 Å². The van der Waals surface area contributed by atoms with E-state index in [2.05, 4.69) is 20.8 Å². The molecule has 1 atom stereocenters. The van der Waals surface area contributed by atoms with Crippen LogP contribution in [-0.2, 0) is 14.3 Å². The normalized spacial score (nSPS) is 21.9. The second-order valence-corrected chi connectivity index (χ2v) is 8.28. The number of likely N-dealkylation sites (tertiary alicyclic amines) is 1. The molecule has 2 aromatic carbocycles. The smallest absolute Gasteiger partial charge is 0.295 e. The number of amides is 1. The Morgan fingerprint density at radius 2 is 1.67 bits per heavy atom. The summed E-state index contributed by atoms with van der Waals surface area (Å²) in [5, 5.41) is 11.0. The summed E-state index contributed by atoms with van der Waals surface area (Å²) < 4.78 is 6.29. The van der Waals surface area contributed by atoms with Crippen LogP contribution < -0.4 is 0 Å². The molecule has 2 heterocycles. The number of carbonyl (C=O) groups excluding carboxylic acids is 2. The minimum atomic E-state index is -0.647. The maximum atomic E-state index is 13.0. The number of benzene rings is 2. The fourth-order valence-electron chi connectivity index (χ4n) is 3.93. The number of ketones is 1. The molecule has 1 N–H and O–H groups in total. The summed E-state index contributed by atoms with van der Waals surface area (Å²) in [6, 6.07) is 15.8. The number of halogens is 1. The summed E-state index contributed by atoms with van der Waals surface area (Å²) in [5.74, 6) is -1.37. The summed E-state index contributed by atoms with van der Waals surface area (Å²) in [7, 11) is 0. The first-order chi connectivity index (χ1) is 14.6. The highest BCUT2D eigenvalue weighted by atomic mass is 79.9. The summed E-state index contributed by atoms with van der Waals surface area (Å²) in [6.45, 7) is 3.99. The van der Waals surface area contributed by atoms with Gasteiger partial charge in [0.1, 0.15) is 5.76 Å².